The van der Waals surface area contributed by atoms with Crippen molar-refractivity contribution in [3.63, 3.8) is 0 Å². The van der Waals surface area contributed by atoms with Crippen molar-refractivity contribution >= 4 is 23.2 Å². The van der Waals surface area contributed by atoms with Gasteiger partial charge in [0.25, 0.3) is 11.8 Å². The third-order valence-corrected chi connectivity index (χ3v) is 8.69. The van der Waals surface area contributed by atoms with Crippen LogP contribution in [0.3, 0.4) is 0 Å². The molecule has 0 bridgehead atoms. The molecule has 3 aliphatic rings. The van der Waals surface area contributed by atoms with E-state index in [9.17, 15) is 9.59 Å². The Morgan fingerprint density at radius 1 is 1.00 bits per heavy atom. The Labute approximate surface area is 188 Å². The minimum Gasteiger partial charge on any atom is -0.337 e. The second-order valence-electron chi connectivity index (χ2n) is 9.45. The van der Waals surface area contributed by atoms with Gasteiger partial charge in [-0.1, -0.05) is 12.8 Å². The molecule has 2 aromatic rings. The minimum absolute atomic E-state index is 0.0626. The van der Waals surface area contributed by atoms with Crippen LogP contribution in [0.2, 0.25) is 0 Å². The molecule has 6 nitrogen and oxygen atoms in total. The number of likely N-dealkylation sites (tertiary alicyclic amines) is 2. The first-order valence-corrected chi connectivity index (χ1v) is 12.6. The first kappa shape index (κ1) is 20.7. The van der Waals surface area contributed by atoms with Crippen LogP contribution < -0.4 is 0 Å². The maximum absolute atomic E-state index is 13.3. The largest absolute Gasteiger partial charge is 0.337 e. The number of carbonyl (C=O) groups is 2. The molecular weight excluding hydrogens is 408 g/mol. The lowest BCUT2D eigenvalue weighted by Gasteiger charge is -2.44. The summed E-state index contributed by atoms with van der Waals surface area (Å²) in [5.41, 5.74) is 1.52. The molecule has 2 aliphatic heterocycles. The van der Waals surface area contributed by atoms with Gasteiger partial charge in [0, 0.05) is 43.0 Å². The van der Waals surface area contributed by atoms with Gasteiger partial charge in [0.2, 0.25) is 0 Å². The summed E-state index contributed by atoms with van der Waals surface area (Å²) in [6.07, 6.45) is 12.7. The molecule has 31 heavy (non-hydrogen) atoms. The fourth-order valence-electron chi connectivity index (χ4n) is 5.81. The molecule has 2 atom stereocenters. The van der Waals surface area contributed by atoms with Gasteiger partial charge in [-0.15, -0.1) is 11.3 Å². The van der Waals surface area contributed by atoms with E-state index in [2.05, 4.69) is 21.3 Å². The predicted molar refractivity (Wildman–Crippen MR) is 121 cm³/mol. The lowest BCUT2D eigenvalue weighted by atomic mass is 9.78. The van der Waals surface area contributed by atoms with Crippen molar-refractivity contribution in [2.24, 2.45) is 13.0 Å². The van der Waals surface area contributed by atoms with E-state index in [1.54, 1.807) is 28.4 Å². The number of aryl methyl sites for hydroxylation is 1. The Balaban J connectivity index is 1.22. The normalized spacial score (nSPS) is 24.8. The molecule has 1 saturated carbocycles. The van der Waals surface area contributed by atoms with E-state index in [0.29, 0.717) is 23.6 Å². The van der Waals surface area contributed by atoms with E-state index >= 15 is 0 Å². The first-order valence-electron chi connectivity index (χ1n) is 11.8. The number of imidazole rings is 1. The predicted octanol–water partition coefficient (Wildman–Crippen LogP) is 4.30. The molecular formula is C24H32N4O2S. The van der Waals surface area contributed by atoms with E-state index in [1.807, 2.05) is 11.9 Å². The van der Waals surface area contributed by atoms with Crippen molar-refractivity contribution < 1.29 is 9.59 Å². The van der Waals surface area contributed by atoms with E-state index < -0.39 is 0 Å². The summed E-state index contributed by atoms with van der Waals surface area (Å²) in [4.78, 5) is 35.5. The zero-order valence-electron chi connectivity index (χ0n) is 18.3. The summed E-state index contributed by atoms with van der Waals surface area (Å²) >= 11 is 1.72. The van der Waals surface area contributed by atoms with Gasteiger partial charge in [0.1, 0.15) is 5.69 Å². The summed E-state index contributed by atoms with van der Waals surface area (Å²) in [6.45, 7) is 2.43. The number of rotatable bonds is 3. The minimum atomic E-state index is 0.0626. The lowest BCUT2D eigenvalue weighted by Crippen LogP contribution is -2.49. The number of amides is 2. The molecule has 2 saturated heterocycles. The maximum Gasteiger partial charge on any atom is 0.272 e. The average molecular weight is 441 g/mol. The fraction of sp³-hybridized carbons (Fsp3) is 0.625. The summed E-state index contributed by atoms with van der Waals surface area (Å²) in [5, 5.41) is 2.07. The molecule has 2 unspecified atom stereocenters. The molecule has 0 spiro atoms. The summed E-state index contributed by atoms with van der Waals surface area (Å²) in [7, 11) is 1.86. The van der Waals surface area contributed by atoms with Crippen molar-refractivity contribution in [2.75, 3.05) is 19.6 Å². The van der Waals surface area contributed by atoms with Gasteiger partial charge in [0.15, 0.2) is 0 Å². The number of thiophene rings is 1. The average Bonchev–Trinajstić information content (AvgIpc) is 3.47. The van der Waals surface area contributed by atoms with Crippen molar-refractivity contribution in [1.29, 1.82) is 0 Å². The van der Waals surface area contributed by atoms with Crippen LogP contribution in [0.1, 0.15) is 83.0 Å². The van der Waals surface area contributed by atoms with Crippen molar-refractivity contribution in [2.45, 2.75) is 63.3 Å². The van der Waals surface area contributed by atoms with Crippen LogP contribution in [-0.2, 0) is 7.05 Å². The summed E-state index contributed by atoms with van der Waals surface area (Å²) in [6, 6.07) is 2.60. The Morgan fingerprint density at radius 3 is 2.55 bits per heavy atom. The molecule has 166 valence electrons. The SMILES string of the molecule is Cn1cncc1C(=O)N1CCC(c2cc(C(=O)N3CCCC4CCCCC43)cs2)CC1. The highest BCUT2D eigenvalue weighted by Crippen LogP contribution is 2.37. The summed E-state index contributed by atoms with van der Waals surface area (Å²) < 4.78 is 1.78. The fourth-order valence-corrected chi connectivity index (χ4v) is 6.87. The van der Waals surface area contributed by atoms with Crippen molar-refractivity contribution in [3.8, 4) is 0 Å². The lowest BCUT2D eigenvalue weighted by molar-refractivity contribution is 0.0391. The number of fused-ring (bicyclic) bond motifs is 1. The maximum atomic E-state index is 13.3. The van der Waals surface area contributed by atoms with Crippen LogP contribution >= 0.6 is 11.3 Å². The van der Waals surface area contributed by atoms with Crippen LogP contribution in [-0.4, -0.2) is 56.8 Å². The van der Waals surface area contributed by atoms with Gasteiger partial charge in [-0.3, -0.25) is 9.59 Å². The van der Waals surface area contributed by atoms with Crippen LogP contribution in [0.5, 0.6) is 0 Å². The Bertz CT molecular complexity index is 941. The van der Waals surface area contributed by atoms with E-state index in [1.165, 1.54) is 37.0 Å². The molecule has 1 aliphatic carbocycles. The van der Waals surface area contributed by atoms with Gasteiger partial charge >= 0.3 is 0 Å². The molecule has 0 aromatic carbocycles. The molecule has 2 aromatic heterocycles. The second-order valence-corrected chi connectivity index (χ2v) is 10.4. The number of nitrogens with zero attached hydrogens (tertiary/aromatic N) is 4. The van der Waals surface area contributed by atoms with Crippen molar-refractivity contribution in [1.82, 2.24) is 19.4 Å². The quantitative estimate of drug-likeness (QED) is 0.715. The number of hydrogen-bond acceptors (Lipinski definition) is 4. The highest BCUT2D eigenvalue weighted by atomic mass is 32.1. The van der Waals surface area contributed by atoms with Crippen LogP contribution in [0.15, 0.2) is 24.0 Å². The van der Waals surface area contributed by atoms with Gasteiger partial charge in [-0.2, -0.15) is 0 Å². The number of carbonyl (C=O) groups excluding carboxylic acids is 2. The molecule has 4 heterocycles. The van der Waals surface area contributed by atoms with Crippen LogP contribution in [0.25, 0.3) is 0 Å². The highest BCUT2D eigenvalue weighted by molar-refractivity contribution is 7.10. The molecule has 2 amide bonds. The zero-order valence-corrected chi connectivity index (χ0v) is 19.1. The smallest absolute Gasteiger partial charge is 0.272 e. The van der Waals surface area contributed by atoms with Crippen LogP contribution in [0, 0.1) is 5.92 Å². The third-order valence-electron chi connectivity index (χ3n) is 7.59. The second kappa shape index (κ2) is 8.77. The van der Waals surface area contributed by atoms with E-state index in [4.69, 9.17) is 0 Å². The molecule has 0 N–H and O–H groups in total. The monoisotopic (exact) mass is 440 g/mol. The number of piperidine rings is 2. The topological polar surface area (TPSA) is 58.4 Å². The molecule has 0 radical (unpaired) electrons. The number of aromatic nitrogens is 2. The van der Waals surface area contributed by atoms with E-state index in [-0.39, 0.29) is 11.8 Å². The highest BCUT2D eigenvalue weighted by Gasteiger charge is 2.36. The third kappa shape index (κ3) is 4.04. The van der Waals surface area contributed by atoms with Gasteiger partial charge in [0.05, 0.1) is 18.1 Å². The van der Waals surface area contributed by atoms with Gasteiger partial charge < -0.3 is 14.4 Å². The Hall–Kier alpha value is -2.15. The van der Waals surface area contributed by atoms with E-state index in [0.717, 1.165) is 44.5 Å². The molecule has 3 fully saturated rings. The first-order chi connectivity index (χ1) is 15.1. The molecule has 7 heteroatoms. The number of hydrogen-bond donors (Lipinski definition) is 0. The zero-order chi connectivity index (χ0) is 21.4. The van der Waals surface area contributed by atoms with Gasteiger partial charge in [-0.05, 0) is 56.4 Å². The van der Waals surface area contributed by atoms with Crippen LogP contribution in [0.4, 0.5) is 0 Å². The Morgan fingerprint density at radius 2 is 1.77 bits per heavy atom. The Kier molecular flexibility index (Phi) is 5.87. The standard InChI is InChI=1S/C24H32N4O2S/c1-26-16-25-14-21(26)24(30)27-11-8-18(9-12-27)22-13-19(15-31-22)23(29)28-10-4-6-17-5-2-3-7-20(17)28/h13-18,20H,2-12H2,1H3. The molecule has 5 rings (SSSR count). The van der Waals surface area contributed by atoms with Gasteiger partial charge in [-0.25, -0.2) is 4.98 Å². The van der Waals surface area contributed by atoms with Crippen molar-refractivity contribution in [3.05, 3.63) is 40.1 Å². The summed E-state index contributed by atoms with van der Waals surface area (Å²) in [5.74, 6) is 1.45.